The van der Waals surface area contributed by atoms with Crippen LogP contribution in [0.25, 0.3) is 94.3 Å². The van der Waals surface area contributed by atoms with Crippen LogP contribution in [0.5, 0.6) is 0 Å². The highest BCUT2D eigenvalue weighted by Gasteiger charge is 2.31. The molecular formula is C68H55N. The molecule has 1 aromatic heterocycles. The van der Waals surface area contributed by atoms with Gasteiger partial charge in [0.05, 0.1) is 11.0 Å². The Bertz CT molecular complexity index is 3750. The van der Waals surface area contributed by atoms with Crippen molar-refractivity contribution in [2.75, 3.05) is 0 Å². The molecule has 12 rings (SSSR count). The Labute approximate surface area is 407 Å². The predicted molar refractivity (Wildman–Crippen MR) is 294 cm³/mol. The molecule has 1 heteroatoms. The maximum absolute atomic E-state index is 2.46. The second-order valence-corrected chi connectivity index (χ2v) is 19.4. The summed E-state index contributed by atoms with van der Waals surface area (Å²) in [5, 5.41) is 2.59. The Balaban J connectivity index is 0.864. The van der Waals surface area contributed by atoms with Crippen LogP contribution in [0.2, 0.25) is 0 Å². The van der Waals surface area contributed by atoms with E-state index in [2.05, 4.69) is 258 Å². The zero-order valence-electron chi connectivity index (χ0n) is 40.1. The van der Waals surface area contributed by atoms with Crippen LogP contribution in [0.1, 0.15) is 57.7 Å². The number of rotatable bonds is 8. The molecule has 69 heavy (non-hydrogen) atoms. The predicted octanol–water partition coefficient (Wildman–Crippen LogP) is 18.5. The molecule has 11 aromatic rings. The third-order valence-corrected chi connectivity index (χ3v) is 15.4. The van der Waals surface area contributed by atoms with E-state index in [9.17, 15) is 0 Å². The SMILES string of the molecule is Cc1ccccc1-c1ccc2c(c1)-c1c(C)cccc1CC2C(C)c1ccc(-c2ccccc2-c2ccccc2-c2ccc(-n3c4ccc(-c5ccccc5C)cc4c4c(C)cccc43)cc2)cc1. The molecule has 0 spiro atoms. The van der Waals surface area contributed by atoms with Gasteiger partial charge in [0.25, 0.3) is 0 Å². The van der Waals surface area contributed by atoms with E-state index in [0.29, 0.717) is 11.8 Å². The van der Waals surface area contributed by atoms with Crippen LogP contribution in [-0.4, -0.2) is 4.57 Å². The fraction of sp³-hybridized carbons (Fsp3) is 0.118. The van der Waals surface area contributed by atoms with Crippen molar-refractivity contribution in [3.63, 3.8) is 0 Å². The largest absolute Gasteiger partial charge is 0.309 e. The van der Waals surface area contributed by atoms with Gasteiger partial charge in [0, 0.05) is 16.5 Å². The van der Waals surface area contributed by atoms with Crippen molar-refractivity contribution in [2.24, 2.45) is 0 Å². The number of benzene rings is 10. The van der Waals surface area contributed by atoms with E-state index in [-0.39, 0.29) is 0 Å². The first-order valence-corrected chi connectivity index (χ1v) is 24.6. The van der Waals surface area contributed by atoms with Crippen LogP contribution in [0, 0.1) is 27.7 Å². The lowest BCUT2D eigenvalue weighted by Crippen LogP contribution is -2.18. The lowest BCUT2D eigenvalue weighted by Gasteiger charge is -2.33. The number of aromatic nitrogens is 1. The minimum Gasteiger partial charge on any atom is -0.309 e. The summed E-state index contributed by atoms with van der Waals surface area (Å²) in [5.41, 5.74) is 28.4. The molecular weight excluding hydrogens is 831 g/mol. The average Bonchev–Trinajstić information content (AvgIpc) is 3.73. The van der Waals surface area contributed by atoms with E-state index < -0.39 is 0 Å². The number of aryl methyl sites for hydroxylation is 4. The van der Waals surface area contributed by atoms with Gasteiger partial charge in [0.1, 0.15) is 0 Å². The van der Waals surface area contributed by atoms with Crippen LogP contribution < -0.4 is 0 Å². The summed E-state index contributed by atoms with van der Waals surface area (Å²) in [6, 6.07) is 81.7. The third-order valence-electron chi connectivity index (χ3n) is 15.4. The van der Waals surface area contributed by atoms with E-state index in [1.165, 1.54) is 128 Å². The maximum atomic E-state index is 2.46. The molecule has 1 nitrogen and oxygen atoms in total. The Morgan fingerprint density at radius 3 is 1.54 bits per heavy atom. The number of hydrogen-bond acceptors (Lipinski definition) is 0. The third kappa shape index (κ3) is 7.32. The summed E-state index contributed by atoms with van der Waals surface area (Å²) in [6.07, 6.45) is 1.03. The van der Waals surface area contributed by atoms with Crippen molar-refractivity contribution in [3.05, 3.63) is 257 Å². The van der Waals surface area contributed by atoms with Gasteiger partial charge < -0.3 is 4.57 Å². The van der Waals surface area contributed by atoms with Gasteiger partial charge in [-0.05, 0) is 188 Å². The van der Waals surface area contributed by atoms with Crippen molar-refractivity contribution in [3.8, 4) is 72.4 Å². The van der Waals surface area contributed by atoms with E-state index in [1.54, 1.807) is 0 Å². The van der Waals surface area contributed by atoms with Gasteiger partial charge in [-0.2, -0.15) is 0 Å². The monoisotopic (exact) mass is 885 g/mol. The van der Waals surface area contributed by atoms with Gasteiger partial charge >= 0.3 is 0 Å². The molecule has 0 aliphatic heterocycles. The fourth-order valence-corrected chi connectivity index (χ4v) is 11.8. The summed E-state index contributed by atoms with van der Waals surface area (Å²) in [5.74, 6) is 0.699. The maximum Gasteiger partial charge on any atom is 0.0543 e. The molecule has 0 amide bonds. The molecule has 0 bridgehead atoms. The van der Waals surface area contributed by atoms with Gasteiger partial charge in [-0.1, -0.05) is 189 Å². The lowest BCUT2D eigenvalue weighted by molar-refractivity contribution is 0.568. The molecule has 0 radical (unpaired) electrons. The normalized spacial score (nSPS) is 13.6. The molecule has 1 aliphatic carbocycles. The second kappa shape index (κ2) is 17.3. The van der Waals surface area contributed by atoms with Gasteiger partial charge in [-0.25, -0.2) is 0 Å². The number of hydrogen-bond donors (Lipinski definition) is 0. The summed E-state index contributed by atoms with van der Waals surface area (Å²) in [6.45, 7) is 11.3. The van der Waals surface area contributed by atoms with Crippen molar-refractivity contribution in [1.29, 1.82) is 0 Å². The molecule has 1 heterocycles. The fourth-order valence-electron chi connectivity index (χ4n) is 11.8. The summed E-state index contributed by atoms with van der Waals surface area (Å²) >= 11 is 0. The molecule has 1 aliphatic rings. The molecule has 0 saturated carbocycles. The van der Waals surface area contributed by atoms with E-state index in [0.717, 1.165) is 12.1 Å². The van der Waals surface area contributed by atoms with E-state index in [1.807, 2.05) is 0 Å². The average molecular weight is 886 g/mol. The first-order chi connectivity index (χ1) is 33.8. The Hall–Kier alpha value is -8.00. The van der Waals surface area contributed by atoms with Crippen LogP contribution >= 0.6 is 0 Å². The molecule has 2 atom stereocenters. The highest BCUT2D eigenvalue weighted by molar-refractivity contribution is 6.12. The molecule has 10 aromatic carbocycles. The Kier molecular flexibility index (Phi) is 10.6. The minimum atomic E-state index is 0.331. The molecule has 0 saturated heterocycles. The van der Waals surface area contributed by atoms with Crippen molar-refractivity contribution < 1.29 is 0 Å². The van der Waals surface area contributed by atoms with Crippen LogP contribution in [-0.2, 0) is 6.42 Å². The Morgan fingerprint density at radius 2 is 0.899 bits per heavy atom. The summed E-state index contributed by atoms with van der Waals surface area (Å²) in [7, 11) is 0. The molecule has 2 unspecified atom stereocenters. The standard InChI is InChI=1S/C68H55N/c1-43-16-6-8-21-55(43)51-34-38-61-62(42-53-20-14-18-45(3)67(53)63(61)40-51)47(5)48-28-30-49(31-29-48)57-23-10-12-25-59(57)60-26-13-11-24-58(60)50-32-36-54(37-33-50)69-65-39-35-52(56-22-9-7-17-44(56)2)41-64(65)68-46(4)19-15-27-66(68)69/h6-41,47,62H,42H2,1-5H3. The molecule has 332 valence electrons. The Morgan fingerprint density at radius 1 is 0.391 bits per heavy atom. The van der Waals surface area contributed by atoms with Crippen molar-refractivity contribution >= 4 is 21.8 Å². The van der Waals surface area contributed by atoms with Gasteiger partial charge in [0.2, 0.25) is 0 Å². The van der Waals surface area contributed by atoms with Crippen LogP contribution in [0.4, 0.5) is 0 Å². The van der Waals surface area contributed by atoms with Crippen LogP contribution in [0.3, 0.4) is 0 Å². The highest BCUT2D eigenvalue weighted by Crippen LogP contribution is 2.49. The zero-order chi connectivity index (χ0) is 46.8. The summed E-state index contributed by atoms with van der Waals surface area (Å²) < 4.78 is 2.43. The lowest BCUT2D eigenvalue weighted by atomic mass is 9.70. The smallest absolute Gasteiger partial charge is 0.0543 e. The van der Waals surface area contributed by atoms with E-state index >= 15 is 0 Å². The quantitative estimate of drug-likeness (QED) is 0.143. The van der Waals surface area contributed by atoms with Crippen molar-refractivity contribution in [1.82, 2.24) is 4.57 Å². The van der Waals surface area contributed by atoms with Gasteiger partial charge in [-0.3, -0.25) is 0 Å². The first kappa shape index (κ1) is 42.4. The van der Waals surface area contributed by atoms with Gasteiger partial charge in [-0.15, -0.1) is 0 Å². The van der Waals surface area contributed by atoms with Crippen molar-refractivity contribution in [2.45, 2.75) is 52.9 Å². The highest BCUT2D eigenvalue weighted by atomic mass is 15.0. The topological polar surface area (TPSA) is 4.93 Å². The molecule has 0 fully saturated rings. The van der Waals surface area contributed by atoms with Gasteiger partial charge in [0.15, 0.2) is 0 Å². The van der Waals surface area contributed by atoms with E-state index in [4.69, 9.17) is 0 Å². The summed E-state index contributed by atoms with van der Waals surface area (Å²) in [4.78, 5) is 0. The number of nitrogens with zero attached hydrogens (tertiary/aromatic N) is 1. The minimum absolute atomic E-state index is 0.331. The zero-order valence-corrected chi connectivity index (χ0v) is 40.1. The molecule has 0 N–H and O–H groups in total. The number of fused-ring (bicyclic) bond motifs is 6. The second-order valence-electron chi connectivity index (χ2n) is 19.4. The first-order valence-electron chi connectivity index (χ1n) is 24.6. The van der Waals surface area contributed by atoms with Crippen LogP contribution in [0.15, 0.2) is 218 Å².